The van der Waals surface area contributed by atoms with Crippen LogP contribution in [0.2, 0.25) is 0 Å². The van der Waals surface area contributed by atoms with Crippen LogP contribution in [0, 0.1) is 0 Å². The van der Waals surface area contributed by atoms with E-state index < -0.39 is 0 Å². The summed E-state index contributed by atoms with van der Waals surface area (Å²) in [5.41, 5.74) is -0.0301. The molecule has 3 heteroatoms. The number of rotatable bonds is 0. The van der Waals surface area contributed by atoms with Gasteiger partial charge in [0.25, 0.3) is 0 Å². The van der Waals surface area contributed by atoms with Gasteiger partial charge in [0.15, 0.2) is 0 Å². The van der Waals surface area contributed by atoms with E-state index in [0.29, 0.717) is 18.6 Å². The van der Waals surface area contributed by atoms with Crippen molar-refractivity contribution in [2.75, 3.05) is 0 Å². The Hall–Kier alpha value is 1.27. The second kappa shape index (κ2) is 4.19. The molecule has 0 bridgehead atoms. The second-order valence-electron chi connectivity index (χ2n) is 4.78. The number of nitrogens with one attached hydrogen (secondary N) is 1. The summed E-state index contributed by atoms with van der Waals surface area (Å²) in [6.07, 6.45) is 1.33. The van der Waals surface area contributed by atoms with Crippen LogP contribution in [-0.2, 0) is 4.79 Å². The van der Waals surface area contributed by atoms with Crippen LogP contribution in [0.5, 0.6) is 0 Å². The summed E-state index contributed by atoms with van der Waals surface area (Å²) in [5.74, 6) is 0.374. The molecule has 0 aliphatic carbocycles. The van der Waals surface area contributed by atoms with E-state index in [1.54, 1.807) is 0 Å². The molecule has 0 atom stereocenters. The Labute approximate surface area is 117 Å². The molecular weight excluding hydrogens is 177 g/mol. The van der Waals surface area contributed by atoms with Crippen molar-refractivity contribution < 1.29 is 4.79 Å². The van der Waals surface area contributed by atoms with Gasteiger partial charge in [-0.05, 0) is 27.7 Å². The van der Waals surface area contributed by atoms with Crippen molar-refractivity contribution in [2.45, 2.75) is 51.6 Å². The fourth-order valence-corrected chi connectivity index (χ4v) is 2.05. The van der Waals surface area contributed by atoms with Gasteiger partial charge in [0, 0.05) is 23.9 Å². The van der Waals surface area contributed by atoms with Crippen molar-refractivity contribution in [3.63, 3.8) is 0 Å². The fourth-order valence-electron chi connectivity index (χ4n) is 2.05. The molecule has 1 aliphatic heterocycles. The molecule has 1 aliphatic rings. The first-order valence-electron chi connectivity index (χ1n) is 4.12. The minimum absolute atomic E-state index is 0. The van der Waals surface area contributed by atoms with E-state index in [0.717, 1.165) is 0 Å². The third-order valence-corrected chi connectivity index (χ3v) is 1.95. The monoisotopic (exact) mass is 195 g/mol. The molecular formula is C9H18KNO. The molecule has 0 amide bonds. The van der Waals surface area contributed by atoms with Crippen LogP contribution in [0.4, 0.5) is 0 Å². The number of carbonyl (C=O) groups excluding carboxylic acids is 1. The van der Waals surface area contributed by atoms with Crippen LogP contribution in [0.25, 0.3) is 0 Å². The molecule has 0 spiro atoms. The molecule has 1 heterocycles. The summed E-state index contributed by atoms with van der Waals surface area (Å²) in [4.78, 5) is 11.3. The first-order valence-corrected chi connectivity index (χ1v) is 4.12. The van der Waals surface area contributed by atoms with Crippen molar-refractivity contribution in [1.82, 2.24) is 5.32 Å². The summed E-state index contributed by atoms with van der Waals surface area (Å²) in [6.45, 7) is 8.30. The zero-order chi connectivity index (χ0) is 8.70. The van der Waals surface area contributed by atoms with Gasteiger partial charge in [-0.2, -0.15) is 0 Å². The topological polar surface area (TPSA) is 29.1 Å². The molecule has 0 aromatic rings. The zero-order valence-corrected chi connectivity index (χ0v) is 7.82. The van der Waals surface area contributed by atoms with Gasteiger partial charge in [-0.15, -0.1) is 0 Å². The predicted molar refractivity (Wildman–Crippen MR) is 52.7 cm³/mol. The number of ketones is 1. The summed E-state index contributed by atoms with van der Waals surface area (Å²) in [7, 11) is 0. The van der Waals surface area contributed by atoms with Gasteiger partial charge in [0.05, 0.1) is 0 Å². The second-order valence-corrected chi connectivity index (χ2v) is 4.78. The Kier molecular flexibility index (Phi) is 4.64. The SMILES string of the molecule is CC1(C)CC(=O)CC(C)(C)N1.[KH]. The Morgan fingerprint density at radius 3 is 1.67 bits per heavy atom. The standard InChI is InChI=1S/C9H17NO.K.H/c1-8(2)5-7(11)6-9(3,4)10-8;;/h10H,5-6H2,1-4H3;;. The molecule has 1 fully saturated rings. The van der Waals surface area contributed by atoms with E-state index in [4.69, 9.17) is 0 Å². The number of hydrogen-bond acceptors (Lipinski definition) is 2. The van der Waals surface area contributed by atoms with Crippen LogP contribution in [0.1, 0.15) is 40.5 Å². The molecule has 12 heavy (non-hydrogen) atoms. The molecule has 2 nitrogen and oxygen atoms in total. The fraction of sp³-hybridized carbons (Fsp3) is 0.889. The van der Waals surface area contributed by atoms with E-state index >= 15 is 0 Å². The van der Waals surface area contributed by atoms with Crippen molar-refractivity contribution in [1.29, 1.82) is 0 Å². The molecule has 1 saturated heterocycles. The Bertz CT molecular complexity index is 169. The van der Waals surface area contributed by atoms with Gasteiger partial charge in [-0.25, -0.2) is 0 Å². The van der Waals surface area contributed by atoms with Gasteiger partial charge in [0.1, 0.15) is 5.78 Å². The molecule has 66 valence electrons. The van der Waals surface area contributed by atoms with Crippen LogP contribution >= 0.6 is 0 Å². The summed E-state index contributed by atoms with van der Waals surface area (Å²) in [5, 5.41) is 3.44. The molecule has 1 N–H and O–H groups in total. The predicted octanol–water partition coefficient (Wildman–Crippen LogP) is 0.848. The summed E-state index contributed by atoms with van der Waals surface area (Å²) < 4.78 is 0. The number of piperidine rings is 1. The third-order valence-electron chi connectivity index (χ3n) is 1.95. The Balaban J connectivity index is 0.00000121. The third kappa shape index (κ3) is 3.98. The maximum atomic E-state index is 11.3. The van der Waals surface area contributed by atoms with Crippen LogP contribution in [0.3, 0.4) is 0 Å². The van der Waals surface area contributed by atoms with Crippen molar-refractivity contribution in [3.8, 4) is 0 Å². The van der Waals surface area contributed by atoms with Crippen molar-refractivity contribution in [2.24, 2.45) is 0 Å². The van der Waals surface area contributed by atoms with E-state index in [9.17, 15) is 4.79 Å². The number of carbonyl (C=O) groups is 1. The molecule has 0 radical (unpaired) electrons. The van der Waals surface area contributed by atoms with Gasteiger partial charge in [0.2, 0.25) is 0 Å². The molecule has 1 rings (SSSR count). The van der Waals surface area contributed by atoms with Gasteiger partial charge >= 0.3 is 51.4 Å². The van der Waals surface area contributed by atoms with E-state index in [-0.39, 0.29) is 62.5 Å². The average Bonchev–Trinajstić information content (AvgIpc) is 1.49. The van der Waals surface area contributed by atoms with E-state index in [1.807, 2.05) is 0 Å². The first kappa shape index (κ1) is 13.3. The first-order chi connectivity index (χ1) is 4.81. The number of hydrogen-bond donors (Lipinski definition) is 1. The quantitative estimate of drug-likeness (QED) is 0.581. The Morgan fingerprint density at radius 1 is 1.08 bits per heavy atom. The van der Waals surface area contributed by atoms with Gasteiger partial charge in [-0.3, -0.25) is 4.79 Å². The van der Waals surface area contributed by atoms with Crippen LogP contribution in [-0.4, -0.2) is 68.2 Å². The Morgan fingerprint density at radius 2 is 1.42 bits per heavy atom. The number of Topliss-reactive ketones (excluding diaryl/α,β-unsaturated/α-hetero) is 1. The van der Waals surface area contributed by atoms with Crippen LogP contribution < -0.4 is 5.32 Å². The summed E-state index contributed by atoms with van der Waals surface area (Å²) >= 11 is 0. The average molecular weight is 195 g/mol. The zero-order valence-electron chi connectivity index (χ0n) is 7.82. The summed E-state index contributed by atoms with van der Waals surface area (Å²) in [6, 6.07) is 0. The minimum atomic E-state index is -0.0150. The van der Waals surface area contributed by atoms with Crippen LogP contribution in [0.15, 0.2) is 0 Å². The van der Waals surface area contributed by atoms with E-state index in [2.05, 4.69) is 33.0 Å². The van der Waals surface area contributed by atoms with Gasteiger partial charge in [-0.1, -0.05) is 0 Å². The van der Waals surface area contributed by atoms with E-state index in [1.165, 1.54) is 0 Å². The molecule has 0 saturated carbocycles. The molecule has 0 aromatic heterocycles. The normalized spacial score (nSPS) is 26.2. The maximum absolute atomic E-state index is 11.3. The van der Waals surface area contributed by atoms with Crippen molar-refractivity contribution >= 4 is 57.2 Å². The molecule has 0 aromatic carbocycles. The molecule has 0 unspecified atom stereocenters. The van der Waals surface area contributed by atoms with Gasteiger partial charge < -0.3 is 5.32 Å². The van der Waals surface area contributed by atoms with Crippen molar-refractivity contribution in [3.05, 3.63) is 0 Å².